The van der Waals surface area contributed by atoms with Crippen molar-refractivity contribution in [2.24, 2.45) is 10.7 Å². The van der Waals surface area contributed by atoms with Crippen LogP contribution in [0.2, 0.25) is 0 Å². The SMILES string of the molecule is CC(N)=Nc1ccc2nc(-c3ccc(C(=O)O)cc3)[nH]c2c1. The van der Waals surface area contributed by atoms with E-state index < -0.39 is 5.97 Å². The van der Waals surface area contributed by atoms with Gasteiger partial charge in [0.1, 0.15) is 5.82 Å². The number of H-pyrrole nitrogens is 1. The molecule has 0 amide bonds. The van der Waals surface area contributed by atoms with E-state index in [1.54, 1.807) is 31.2 Å². The summed E-state index contributed by atoms with van der Waals surface area (Å²) in [6.07, 6.45) is 0. The molecule has 0 fully saturated rings. The summed E-state index contributed by atoms with van der Waals surface area (Å²) in [6.45, 7) is 1.73. The number of hydrogen-bond acceptors (Lipinski definition) is 3. The molecule has 0 unspecified atom stereocenters. The summed E-state index contributed by atoms with van der Waals surface area (Å²) in [6, 6.07) is 12.1. The average Bonchev–Trinajstić information content (AvgIpc) is 2.90. The van der Waals surface area contributed by atoms with E-state index in [2.05, 4.69) is 15.0 Å². The number of aromatic nitrogens is 2. The zero-order valence-corrected chi connectivity index (χ0v) is 11.9. The molecule has 0 aliphatic carbocycles. The van der Waals surface area contributed by atoms with Crippen molar-refractivity contribution in [1.29, 1.82) is 0 Å². The second-order valence-corrected chi connectivity index (χ2v) is 4.92. The molecule has 0 saturated carbocycles. The maximum absolute atomic E-state index is 10.9. The summed E-state index contributed by atoms with van der Waals surface area (Å²) < 4.78 is 0. The minimum Gasteiger partial charge on any atom is -0.478 e. The molecule has 6 heteroatoms. The van der Waals surface area contributed by atoms with Crippen molar-refractivity contribution in [3.8, 4) is 11.4 Å². The number of aromatic amines is 1. The molecular formula is C16H14N4O2. The van der Waals surface area contributed by atoms with E-state index in [0.29, 0.717) is 11.7 Å². The number of carbonyl (C=O) groups is 1. The predicted molar refractivity (Wildman–Crippen MR) is 85.4 cm³/mol. The summed E-state index contributed by atoms with van der Waals surface area (Å²) in [5.74, 6) is 0.219. The van der Waals surface area contributed by atoms with Gasteiger partial charge in [-0.1, -0.05) is 12.1 Å². The zero-order chi connectivity index (χ0) is 15.7. The van der Waals surface area contributed by atoms with Gasteiger partial charge in [-0.15, -0.1) is 0 Å². The van der Waals surface area contributed by atoms with Crippen LogP contribution in [0.1, 0.15) is 17.3 Å². The first kappa shape index (κ1) is 13.8. The lowest BCUT2D eigenvalue weighted by Gasteiger charge is -1.97. The van der Waals surface area contributed by atoms with Crippen LogP contribution in [-0.4, -0.2) is 26.9 Å². The number of rotatable bonds is 3. The number of nitrogens with zero attached hydrogens (tertiary/aromatic N) is 2. The molecule has 6 nitrogen and oxygen atoms in total. The van der Waals surface area contributed by atoms with Crippen LogP contribution in [0.5, 0.6) is 0 Å². The van der Waals surface area contributed by atoms with Gasteiger partial charge in [-0.3, -0.25) is 0 Å². The van der Waals surface area contributed by atoms with Crippen LogP contribution in [-0.2, 0) is 0 Å². The molecule has 0 aliphatic heterocycles. The van der Waals surface area contributed by atoms with E-state index in [-0.39, 0.29) is 5.56 Å². The number of nitrogens with one attached hydrogen (secondary N) is 1. The number of nitrogens with two attached hydrogens (primary N) is 1. The fourth-order valence-electron chi connectivity index (χ4n) is 2.18. The lowest BCUT2D eigenvalue weighted by Crippen LogP contribution is -2.03. The third-order valence-electron chi connectivity index (χ3n) is 3.18. The van der Waals surface area contributed by atoms with Gasteiger partial charge in [-0.25, -0.2) is 14.8 Å². The Kier molecular flexibility index (Phi) is 3.34. The van der Waals surface area contributed by atoms with E-state index in [1.807, 2.05) is 18.2 Å². The first-order valence-corrected chi connectivity index (χ1v) is 6.67. The summed E-state index contributed by atoms with van der Waals surface area (Å²) in [5, 5.41) is 8.92. The molecule has 22 heavy (non-hydrogen) atoms. The normalized spacial score (nSPS) is 11.8. The van der Waals surface area contributed by atoms with Crippen LogP contribution in [0.4, 0.5) is 5.69 Å². The molecule has 4 N–H and O–H groups in total. The van der Waals surface area contributed by atoms with Gasteiger partial charge in [0.15, 0.2) is 0 Å². The van der Waals surface area contributed by atoms with E-state index in [4.69, 9.17) is 10.8 Å². The van der Waals surface area contributed by atoms with Crippen LogP contribution in [0, 0.1) is 0 Å². The summed E-state index contributed by atoms with van der Waals surface area (Å²) >= 11 is 0. The van der Waals surface area contributed by atoms with Gasteiger partial charge in [0, 0.05) is 5.56 Å². The maximum Gasteiger partial charge on any atom is 0.335 e. The predicted octanol–water partition coefficient (Wildman–Crippen LogP) is 2.94. The minimum atomic E-state index is -0.948. The summed E-state index contributed by atoms with van der Waals surface area (Å²) in [5.41, 5.74) is 9.06. The average molecular weight is 294 g/mol. The number of carboxylic acid groups (broad SMARTS) is 1. The first-order chi connectivity index (χ1) is 10.5. The van der Waals surface area contributed by atoms with Crippen LogP contribution in [0.15, 0.2) is 47.5 Å². The van der Waals surface area contributed by atoms with E-state index in [1.165, 1.54) is 0 Å². The van der Waals surface area contributed by atoms with Crippen molar-refractivity contribution in [2.45, 2.75) is 6.92 Å². The van der Waals surface area contributed by atoms with Crippen molar-refractivity contribution in [3.63, 3.8) is 0 Å². The number of benzene rings is 2. The van der Waals surface area contributed by atoms with Gasteiger partial charge >= 0.3 is 5.97 Å². The van der Waals surface area contributed by atoms with Crippen LogP contribution in [0.25, 0.3) is 22.4 Å². The van der Waals surface area contributed by atoms with Gasteiger partial charge in [0.2, 0.25) is 0 Å². The molecule has 1 aromatic heterocycles. The standard InChI is InChI=1S/C16H14N4O2/c1-9(17)18-12-6-7-13-14(8-12)20-15(19-13)10-2-4-11(5-3-10)16(21)22/h2-8H,1H3,(H2,17,18)(H,19,20)(H,21,22). The smallest absolute Gasteiger partial charge is 0.335 e. The number of aliphatic imine (C=N–C) groups is 1. The largest absolute Gasteiger partial charge is 0.478 e. The summed E-state index contributed by atoms with van der Waals surface area (Å²) in [7, 11) is 0. The van der Waals surface area contributed by atoms with Crippen LogP contribution < -0.4 is 5.73 Å². The van der Waals surface area contributed by atoms with E-state index in [0.717, 1.165) is 22.3 Å². The summed E-state index contributed by atoms with van der Waals surface area (Å²) in [4.78, 5) is 22.8. The Labute approximate surface area is 126 Å². The quantitative estimate of drug-likeness (QED) is 0.510. The number of hydrogen-bond donors (Lipinski definition) is 3. The molecule has 0 spiro atoms. The molecule has 0 bridgehead atoms. The molecule has 110 valence electrons. The Morgan fingerprint density at radius 1 is 1.23 bits per heavy atom. The number of imidazole rings is 1. The third kappa shape index (κ3) is 2.67. The Balaban J connectivity index is 2.01. The van der Waals surface area contributed by atoms with Crippen molar-refractivity contribution >= 4 is 28.5 Å². The molecule has 0 atom stereocenters. The third-order valence-corrected chi connectivity index (χ3v) is 3.18. The second kappa shape index (κ2) is 5.33. The van der Waals surface area contributed by atoms with Crippen LogP contribution >= 0.6 is 0 Å². The molecule has 3 aromatic rings. The fourth-order valence-corrected chi connectivity index (χ4v) is 2.18. The van der Waals surface area contributed by atoms with Gasteiger partial charge in [0.05, 0.1) is 28.1 Å². The molecule has 0 radical (unpaired) electrons. The molecule has 0 saturated heterocycles. The molecule has 1 heterocycles. The zero-order valence-electron chi connectivity index (χ0n) is 11.9. The fraction of sp³-hybridized carbons (Fsp3) is 0.0625. The number of aromatic carboxylic acids is 1. The highest BCUT2D eigenvalue weighted by Gasteiger charge is 2.07. The highest BCUT2D eigenvalue weighted by molar-refractivity contribution is 5.89. The Morgan fingerprint density at radius 2 is 1.95 bits per heavy atom. The number of carboxylic acids is 1. The van der Waals surface area contributed by atoms with E-state index in [9.17, 15) is 4.79 Å². The van der Waals surface area contributed by atoms with Gasteiger partial charge < -0.3 is 15.8 Å². The Morgan fingerprint density at radius 3 is 2.59 bits per heavy atom. The monoisotopic (exact) mass is 294 g/mol. The lowest BCUT2D eigenvalue weighted by molar-refractivity contribution is 0.0697. The van der Waals surface area contributed by atoms with Crippen LogP contribution in [0.3, 0.4) is 0 Å². The first-order valence-electron chi connectivity index (χ1n) is 6.67. The molecule has 2 aromatic carbocycles. The molecular weight excluding hydrogens is 280 g/mol. The Hall–Kier alpha value is -3.15. The second-order valence-electron chi connectivity index (χ2n) is 4.92. The van der Waals surface area contributed by atoms with Crippen molar-refractivity contribution in [2.75, 3.05) is 0 Å². The Bertz CT molecular complexity index is 875. The minimum absolute atomic E-state index is 0.245. The topological polar surface area (TPSA) is 104 Å². The van der Waals surface area contributed by atoms with Crippen molar-refractivity contribution < 1.29 is 9.90 Å². The van der Waals surface area contributed by atoms with Crippen molar-refractivity contribution in [3.05, 3.63) is 48.0 Å². The number of fused-ring (bicyclic) bond motifs is 1. The molecule has 3 rings (SSSR count). The van der Waals surface area contributed by atoms with Crippen molar-refractivity contribution in [1.82, 2.24) is 9.97 Å². The van der Waals surface area contributed by atoms with Gasteiger partial charge in [-0.05, 0) is 37.3 Å². The maximum atomic E-state index is 10.9. The van der Waals surface area contributed by atoms with Gasteiger partial charge in [0.25, 0.3) is 0 Å². The lowest BCUT2D eigenvalue weighted by atomic mass is 10.1. The highest BCUT2D eigenvalue weighted by atomic mass is 16.4. The molecule has 0 aliphatic rings. The number of amidine groups is 1. The van der Waals surface area contributed by atoms with E-state index >= 15 is 0 Å². The van der Waals surface area contributed by atoms with Gasteiger partial charge in [-0.2, -0.15) is 0 Å². The highest BCUT2D eigenvalue weighted by Crippen LogP contribution is 2.24.